The van der Waals surface area contributed by atoms with Gasteiger partial charge in [0.15, 0.2) is 0 Å². The number of amidine groups is 1. The van der Waals surface area contributed by atoms with Gasteiger partial charge in [0.1, 0.15) is 5.84 Å². The Bertz CT molecular complexity index is 1030. The van der Waals surface area contributed by atoms with E-state index < -0.39 is 0 Å². The molecule has 29 heavy (non-hydrogen) atoms. The van der Waals surface area contributed by atoms with Crippen LogP contribution in [0.4, 0.5) is 5.69 Å². The number of anilines is 1. The molecule has 0 saturated heterocycles. The van der Waals surface area contributed by atoms with Gasteiger partial charge in [-0.25, -0.2) is 0 Å². The highest BCUT2D eigenvalue weighted by molar-refractivity contribution is 6.03. The maximum atomic E-state index is 4.75. The highest BCUT2D eigenvalue weighted by Gasteiger charge is 2.15. The van der Waals surface area contributed by atoms with Crippen LogP contribution in [0.2, 0.25) is 0 Å². The summed E-state index contributed by atoms with van der Waals surface area (Å²) in [6.45, 7) is 6.14. The second-order valence-corrected chi connectivity index (χ2v) is 7.16. The van der Waals surface area contributed by atoms with Crippen molar-refractivity contribution in [1.29, 1.82) is 0 Å². The first kappa shape index (κ1) is 18.8. The average Bonchev–Trinajstić information content (AvgIpc) is 3.39. The molecule has 146 valence electrons. The Balaban J connectivity index is 1.48. The van der Waals surface area contributed by atoms with Crippen LogP contribution in [-0.4, -0.2) is 34.7 Å². The van der Waals surface area contributed by atoms with Crippen LogP contribution in [-0.2, 0) is 19.6 Å². The maximum absolute atomic E-state index is 4.75. The van der Waals surface area contributed by atoms with Gasteiger partial charge in [0, 0.05) is 36.7 Å². The van der Waals surface area contributed by atoms with Crippen LogP contribution in [0.25, 0.3) is 11.1 Å². The highest BCUT2D eigenvalue weighted by Crippen LogP contribution is 2.23. The van der Waals surface area contributed by atoms with Gasteiger partial charge in [0.05, 0.1) is 12.7 Å². The van der Waals surface area contributed by atoms with Crippen LogP contribution in [0.5, 0.6) is 0 Å². The summed E-state index contributed by atoms with van der Waals surface area (Å²) in [6.07, 6.45) is 7.16. The van der Waals surface area contributed by atoms with E-state index in [4.69, 9.17) is 4.99 Å². The fourth-order valence-corrected chi connectivity index (χ4v) is 3.45. The van der Waals surface area contributed by atoms with Crippen LogP contribution in [0.1, 0.15) is 16.7 Å². The topological polar surface area (TPSA) is 68.7 Å². The number of fused-ring (bicyclic) bond motifs is 1. The number of aromatic amines is 1. The molecule has 0 fully saturated rings. The van der Waals surface area contributed by atoms with Crippen LogP contribution in [0.3, 0.4) is 0 Å². The first-order chi connectivity index (χ1) is 14.2. The average molecular weight is 384 g/mol. The minimum atomic E-state index is 0.605. The molecule has 0 spiro atoms. The number of rotatable bonds is 6. The molecule has 3 aromatic rings. The van der Waals surface area contributed by atoms with Gasteiger partial charge in [-0.15, -0.1) is 0 Å². The zero-order chi connectivity index (χ0) is 20.1. The van der Waals surface area contributed by atoms with E-state index in [2.05, 4.69) is 69.5 Å². The summed E-state index contributed by atoms with van der Waals surface area (Å²) in [5, 5.41) is 10.2. The van der Waals surface area contributed by atoms with Crippen molar-refractivity contribution in [2.75, 3.05) is 12.4 Å². The molecule has 0 radical (unpaired) electrons. The third-order valence-electron chi connectivity index (χ3n) is 4.91. The fourth-order valence-electron chi connectivity index (χ4n) is 3.45. The smallest absolute Gasteiger partial charge is 0.127 e. The van der Waals surface area contributed by atoms with E-state index in [1.54, 1.807) is 6.20 Å². The van der Waals surface area contributed by atoms with Crippen molar-refractivity contribution in [3.63, 3.8) is 0 Å². The SMILES string of the molecule is C=N/C=C\C(=NCc1ccc2c(c1)CN(C)C2)Nc1ccc(-c2cn[nH]c2)cc1. The second kappa shape index (κ2) is 8.67. The van der Waals surface area contributed by atoms with Gasteiger partial charge in [-0.05, 0) is 54.2 Å². The molecule has 0 bridgehead atoms. The lowest BCUT2D eigenvalue weighted by Crippen LogP contribution is -2.09. The Hall–Kier alpha value is -3.51. The molecule has 6 heteroatoms. The van der Waals surface area contributed by atoms with Crippen molar-refractivity contribution in [3.05, 3.63) is 83.8 Å². The van der Waals surface area contributed by atoms with Crippen molar-refractivity contribution >= 4 is 18.2 Å². The van der Waals surface area contributed by atoms with Crippen LogP contribution in [0.15, 0.2) is 77.1 Å². The van der Waals surface area contributed by atoms with Crippen molar-refractivity contribution < 1.29 is 0 Å². The van der Waals surface area contributed by atoms with E-state index in [1.807, 2.05) is 30.6 Å². The van der Waals surface area contributed by atoms with Gasteiger partial charge in [0.2, 0.25) is 0 Å². The number of benzene rings is 2. The zero-order valence-corrected chi connectivity index (χ0v) is 16.5. The molecule has 1 aliphatic heterocycles. The van der Waals surface area contributed by atoms with Gasteiger partial charge in [-0.1, -0.05) is 30.3 Å². The summed E-state index contributed by atoms with van der Waals surface area (Å²) >= 11 is 0. The maximum Gasteiger partial charge on any atom is 0.127 e. The Labute approximate surface area is 170 Å². The third-order valence-corrected chi connectivity index (χ3v) is 4.91. The lowest BCUT2D eigenvalue weighted by atomic mass is 10.1. The van der Waals surface area contributed by atoms with Crippen molar-refractivity contribution in [2.45, 2.75) is 19.6 Å². The Kier molecular flexibility index (Phi) is 5.63. The van der Waals surface area contributed by atoms with Gasteiger partial charge in [-0.2, -0.15) is 5.10 Å². The van der Waals surface area contributed by atoms with Crippen LogP contribution >= 0.6 is 0 Å². The Morgan fingerprint density at radius 1 is 1.17 bits per heavy atom. The predicted molar refractivity (Wildman–Crippen MR) is 119 cm³/mol. The molecule has 2 N–H and O–H groups in total. The summed E-state index contributed by atoms with van der Waals surface area (Å²) in [4.78, 5) is 10.9. The largest absolute Gasteiger partial charge is 0.340 e. The van der Waals surface area contributed by atoms with E-state index in [1.165, 1.54) is 16.7 Å². The fraction of sp³-hybridized carbons (Fsp3) is 0.174. The summed E-state index contributed by atoms with van der Waals surface area (Å²) in [7, 11) is 2.14. The highest BCUT2D eigenvalue weighted by atomic mass is 15.1. The molecule has 4 rings (SSSR count). The number of nitrogens with zero attached hydrogens (tertiary/aromatic N) is 4. The van der Waals surface area contributed by atoms with Crippen molar-refractivity contribution in [3.8, 4) is 11.1 Å². The number of aromatic nitrogens is 2. The minimum absolute atomic E-state index is 0.605. The Morgan fingerprint density at radius 2 is 2.00 bits per heavy atom. The number of H-pyrrole nitrogens is 1. The number of aliphatic imine (C=N–C) groups is 2. The monoisotopic (exact) mass is 384 g/mol. The van der Waals surface area contributed by atoms with Crippen LogP contribution in [0, 0.1) is 0 Å². The molecule has 0 atom stereocenters. The molecule has 2 heterocycles. The normalized spacial score (nSPS) is 14.3. The molecule has 1 aliphatic rings. The van der Waals surface area contributed by atoms with E-state index in [0.717, 1.165) is 35.7 Å². The number of nitrogens with one attached hydrogen (secondary N) is 2. The van der Waals surface area contributed by atoms with Gasteiger partial charge >= 0.3 is 0 Å². The van der Waals surface area contributed by atoms with Gasteiger partial charge < -0.3 is 5.32 Å². The molecule has 6 nitrogen and oxygen atoms in total. The minimum Gasteiger partial charge on any atom is -0.340 e. The van der Waals surface area contributed by atoms with E-state index in [0.29, 0.717) is 6.54 Å². The summed E-state index contributed by atoms with van der Waals surface area (Å²) < 4.78 is 0. The second-order valence-electron chi connectivity index (χ2n) is 7.16. The van der Waals surface area contributed by atoms with Gasteiger partial charge in [0.25, 0.3) is 0 Å². The van der Waals surface area contributed by atoms with E-state index in [9.17, 15) is 0 Å². The van der Waals surface area contributed by atoms with Crippen molar-refractivity contribution in [2.24, 2.45) is 9.98 Å². The molecule has 0 saturated carbocycles. The first-order valence-corrected chi connectivity index (χ1v) is 9.53. The standard InChI is InChI=1S/C23H24N6/c1-24-10-9-23(25-12-17-3-4-19-15-29(2)16-20(19)11-17)28-22-7-5-18(6-8-22)21-13-26-27-14-21/h3-11,13-14H,1,12,15-16H2,2H3,(H,25,28)(H,26,27)/b10-9-. The molecule has 2 aromatic carbocycles. The Morgan fingerprint density at radius 3 is 2.76 bits per heavy atom. The van der Waals surface area contributed by atoms with E-state index in [-0.39, 0.29) is 0 Å². The molecule has 0 amide bonds. The summed E-state index contributed by atoms with van der Waals surface area (Å²) in [5.74, 6) is 0.742. The lowest BCUT2D eigenvalue weighted by Gasteiger charge is -2.08. The predicted octanol–water partition coefficient (Wildman–Crippen LogP) is 4.25. The zero-order valence-electron chi connectivity index (χ0n) is 16.5. The molecular weight excluding hydrogens is 360 g/mol. The number of hydrogen-bond acceptors (Lipinski definition) is 4. The first-order valence-electron chi connectivity index (χ1n) is 9.53. The quantitative estimate of drug-likeness (QED) is 0.493. The van der Waals surface area contributed by atoms with Crippen LogP contribution < -0.4 is 5.32 Å². The molecule has 0 unspecified atom stereocenters. The number of hydrogen-bond donors (Lipinski definition) is 2. The molecule has 0 aliphatic carbocycles. The summed E-state index contributed by atoms with van der Waals surface area (Å²) in [6, 6.07) is 14.8. The van der Waals surface area contributed by atoms with Gasteiger partial charge in [-0.3, -0.25) is 20.0 Å². The third kappa shape index (κ3) is 4.67. The van der Waals surface area contributed by atoms with Crippen molar-refractivity contribution in [1.82, 2.24) is 15.1 Å². The molecular formula is C23H24N6. The molecule has 1 aromatic heterocycles. The summed E-state index contributed by atoms with van der Waals surface area (Å²) in [5.41, 5.74) is 7.13. The lowest BCUT2D eigenvalue weighted by molar-refractivity contribution is 0.353. The van der Waals surface area contributed by atoms with E-state index >= 15 is 0 Å².